The Kier molecular flexibility index (Phi) is 2.99. The first-order valence-electron chi connectivity index (χ1n) is 6.16. The first-order chi connectivity index (χ1) is 8.84. The molecule has 2 aromatic carbocycles. The average Bonchev–Trinajstić information content (AvgIpc) is 2.61. The van der Waals surface area contributed by atoms with Crippen LogP contribution in [-0.4, -0.2) is 13.1 Å². The molecule has 0 aliphatic carbocycles. The summed E-state index contributed by atoms with van der Waals surface area (Å²) in [6.07, 6.45) is 0. The third-order valence-corrected chi connectivity index (χ3v) is 3.23. The highest BCUT2D eigenvalue weighted by atomic mass is 19.1. The van der Waals surface area contributed by atoms with Crippen LogP contribution in [0.1, 0.15) is 5.56 Å². The van der Waals surface area contributed by atoms with E-state index in [2.05, 4.69) is 22.3 Å². The number of anilines is 2. The van der Waals surface area contributed by atoms with E-state index >= 15 is 0 Å². The van der Waals surface area contributed by atoms with Gasteiger partial charge in [0.15, 0.2) is 0 Å². The minimum atomic E-state index is -0.192. The van der Waals surface area contributed by atoms with Crippen molar-refractivity contribution < 1.29 is 4.39 Å². The van der Waals surface area contributed by atoms with Crippen LogP contribution in [0.3, 0.4) is 0 Å². The molecule has 0 bridgehead atoms. The van der Waals surface area contributed by atoms with Gasteiger partial charge in [-0.1, -0.05) is 24.3 Å². The predicted octanol–water partition coefficient (Wildman–Crippen LogP) is 3.07. The fraction of sp³-hybridized carbons (Fsp3) is 0.200. The number of para-hydroxylation sites is 1. The molecule has 1 aliphatic rings. The Labute approximate surface area is 106 Å². The number of hydrogen-bond acceptors (Lipinski definition) is 2. The van der Waals surface area contributed by atoms with E-state index in [9.17, 15) is 4.39 Å². The smallest absolute Gasteiger partial charge is 0.125 e. The van der Waals surface area contributed by atoms with Crippen LogP contribution in [-0.2, 0) is 6.54 Å². The van der Waals surface area contributed by atoms with E-state index in [1.54, 1.807) is 12.1 Å². The van der Waals surface area contributed by atoms with Crippen LogP contribution in [0.15, 0.2) is 48.5 Å². The first kappa shape index (κ1) is 11.2. The van der Waals surface area contributed by atoms with E-state index in [4.69, 9.17) is 0 Å². The van der Waals surface area contributed by atoms with Gasteiger partial charge in [-0.15, -0.1) is 0 Å². The van der Waals surface area contributed by atoms with Crippen molar-refractivity contribution in [1.29, 1.82) is 0 Å². The number of fused-ring (bicyclic) bond motifs is 1. The molecule has 92 valence electrons. The molecule has 3 rings (SSSR count). The van der Waals surface area contributed by atoms with Crippen LogP contribution in [0.25, 0.3) is 0 Å². The molecule has 0 atom stereocenters. The molecule has 18 heavy (non-hydrogen) atoms. The number of nitrogens with one attached hydrogen (secondary N) is 1. The molecule has 1 heterocycles. The Balaban J connectivity index is 2.06. The lowest BCUT2D eigenvalue weighted by Crippen LogP contribution is -2.24. The second-order valence-electron chi connectivity index (χ2n) is 4.44. The summed E-state index contributed by atoms with van der Waals surface area (Å²) in [5, 5.41) is 3.38. The summed E-state index contributed by atoms with van der Waals surface area (Å²) in [5.74, 6) is -0.192. The fourth-order valence-electron chi connectivity index (χ4n) is 2.37. The summed E-state index contributed by atoms with van der Waals surface area (Å²) in [7, 11) is 0. The van der Waals surface area contributed by atoms with Crippen molar-refractivity contribution in [2.45, 2.75) is 6.54 Å². The lowest BCUT2D eigenvalue weighted by Gasteiger charge is -2.24. The molecule has 1 aliphatic heterocycles. The Morgan fingerprint density at radius 3 is 2.83 bits per heavy atom. The Morgan fingerprint density at radius 2 is 1.94 bits per heavy atom. The molecule has 0 saturated heterocycles. The minimum absolute atomic E-state index is 0.192. The number of halogens is 1. The topological polar surface area (TPSA) is 15.3 Å². The summed E-state index contributed by atoms with van der Waals surface area (Å²) >= 11 is 0. The van der Waals surface area contributed by atoms with Gasteiger partial charge in [-0.3, -0.25) is 0 Å². The normalized spacial score (nSPS) is 15.1. The fourth-order valence-corrected chi connectivity index (χ4v) is 2.37. The zero-order chi connectivity index (χ0) is 12.4. The van der Waals surface area contributed by atoms with Gasteiger partial charge in [-0.2, -0.15) is 0 Å². The van der Waals surface area contributed by atoms with Gasteiger partial charge in [0, 0.05) is 31.0 Å². The van der Waals surface area contributed by atoms with Gasteiger partial charge in [-0.25, -0.2) is 4.39 Å². The number of hydrogen-bond donors (Lipinski definition) is 1. The average molecular weight is 242 g/mol. The van der Waals surface area contributed by atoms with E-state index < -0.39 is 0 Å². The Hall–Kier alpha value is -1.87. The lowest BCUT2D eigenvalue weighted by molar-refractivity contribution is 0.627. The summed E-state index contributed by atoms with van der Waals surface area (Å²) in [6.45, 7) is 2.60. The molecule has 0 aromatic heterocycles. The van der Waals surface area contributed by atoms with Crippen LogP contribution in [0.4, 0.5) is 15.8 Å². The maximum atomic E-state index is 13.4. The zero-order valence-electron chi connectivity index (χ0n) is 10.1. The molecule has 0 radical (unpaired) electrons. The van der Waals surface area contributed by atoms with Gasteiger partial charge >= 0.3 is 0 Å². The highest BCUT2D eigenvalue weighted by Gasteiger charge is 2.15. The van der Waals surface area contributed by atoms with Crippen LogP contribution < -0.4 is 10.2 Å². The summed E-state index contributed by atoms with van der Waals surface area (Å²) < 4.78 is 13.4. The molecule has 0 unspecified atom stereocenters. The molecule has 0 amide bonds. The highest BCUT2D eigenvalue weighted by molar-refractivity contribution is 5.67. The van der Waals surface area contributed by atoms with Gasteiger partial charge in [0.25, 0.3) is 0 Å². The molecule has 3 heteroatoms. The zero-order valence-corrected chi connectivity index (χ0v) is 10.1. The van der Waals surface area contributed by atoms with E-state index in [0.717, 1.165) is 31.0 Å². The maximum Gasteiger partial charge on any atom is 0.125 e. The third kappa shape index (κ3) is 2.09. The minimum Gasteiger partial charge on any atom is -0.340 e. The molecule has 0 saturated carbocycles. The molecule has 0 fully saturated rings. The molecular weight excluding hydrogens is 227 g/mol. The summed E-state index contributed by atoms with van der Waals surface area (Å²) in [4.78, 5) is 2.17. The van der Waals surface area contributed by atoms with Crippen molar-refractivity contribution >= 4 is 11.4 Å². The number of nitrogens with zero attached hydrogens (tertiary/aromatic N) is 1. The van der Waals surface area contributed by atoms with E-state index in [-0.39, 0.29) is 5.82 Å². The largest absolute Gasteiger partial charge is 0.340 e. The molecular formula is C15H15FN2. The number of benzene rings is 2. The Morgan fingerprint density at radius 1 is 1.06 bits per heavy atom. The molecule has 2 aromatic rings. The predicted molar refractivity (Wildman–Crippen MR) is 71.6 cm³/mol. The maximum absolute atomic E-state index is 13.4. The first-order valence-corrected chi connectivity index (χ1v) is 6.16. The second-order valence-corrected chi connectivity index (χ2v) is 4.44. The Bertz CT molecular complexity index is 554. The van der Waals surface area contributed by atoms with Gasteiger partial charge in [-0.05, 0) is 29.8 Å². The van der Waals surface area contributed by atoms with E-state index in [1.165, 1.54) is 11.6 Å². The highest BCUT2D eigenvalue weighted by Crippen LogP contribution is 2.29. The van der Waals surface area contributed by atoms with Crippen molar-refractivity contribution in [2.24, 2.45) is 0 Å². The third-order valence-electron chi connectivity index (χ3n) is 3.23. The summed E-state index contributed by atoms with van der Waals surface area (Å²) in [5.41, 5.74) is 3.32. The van der Waals surface area contributed by atoms with Crippen LogP contribution in [0.5, 0.6) is 0 Å². The SMILES string of the molecule is Fc1cccc(N2CCNCc3ccccc32)c1. The van der Waals surface area contributed by atoms with Crippen LogP contribution >= 0.6 is 0 Å². The van der Waals surface area contributed by atoms with Crippen LogP contribution in [0, 0.1) is 5.82 Å². The van der Waals surface area contributed by atoms with Crippen molar-refractivity contribution in [3.05, 3.63) is 59.9 Å². The van der Waals surface area contributed by atoms with Crippen LogP contribution in [0.2, 0.25) is 0 Å². The molecule has 1 N–H and O–H groups in total. The summed E-state index contributed by atoms with van der Waals surface area (Å²) in [6, 6.07) is 15.0. The van der Waals surface area contributed by atoms with Gasteiger partial charge in [0.2, 0.25) is 0 Å². The molecule has 2 nitrogen and oxygen atoms in total. The van der Waals surface area contributed by atoms with Gasteiger partial charge in [0.05, 0.1) is 0 Å². The van der Waals surface area contributed by atoms with E-state index in [0.29, 0.717) is 0 Å². The van der Waals surface area contributed by atoms with Gasteiger partial charge in [0.1, 0.15) is 5.82 Å². The quantitative estimate of drug-likeness (QED) is 0.826. The second kappa shape index (κ2) is 4.78. The standard InChI is InChI=1S/C15H15FN2/c16-13-5-3-6-14(10-13)18-9-8-17-11-12-4-1-2-7-15(12)18/h1-7,10,17H,8-9,11H2. The molecule has 0 spiro atoms. The van der Waals surface area contributed by atoms with Gasteiger partial charge < -0.3 is 10.2 Å². The van der Waals surface area contributed by atoms with E-state index in [1.807, 2.05) is 18.2 Å². The van der Waals surface area contributed by atoms with Crippen molar-refractivity contribution in [3.63, 3.8) is 0 Å². The van der Waals surface area contributed by atoms with Crippen molar-refractivity contribution in [1.82, 2.24) is 5.32 Å². The lowest BCUT2D eigenvalue weighted by atomic mass is 10.1. The van der Waals surface area contributed by atoms with Crippen molar-refractivity contribution in [2.75, 3.05) is 18.0 Å². The number of rotatable bonds is 1. The van der Waals surface area contributed by atoms with Crippen molar-refractivity contribution in [3.8, 4) is 0 Å². The monoisotopic (exact) mass is 242 g/mol.